The van der Waals surface area contributed by atoms with Gasteiger partial charge >= 0.3 is 0 Å². The molecule has 0 radical (unpaired) electrons. The second-order valence-electron chi connectivity index (χ2n) is 6.32. The predicted octanol–water partition coefficient (Wildman–Crippen LogP) is 3.41. The summed E-state index contributed by atoms with van der Waals surface area (Å²) in [4.78, 5) is 8.79. The summed E-state index contributed by atoms with van der Waals surface area (Å²) in [5, 5.41) is 11.5. The second kappa shape index (κ2) is 8.34. The standard InChI is InChI=1S/C20H20N6O2/c1-15(13-26-11-5-10-22-26)23-18-9-8-16(12-21-18)20-24-19(25-28-20)14-27-17-6-3-2-4-7-17/h2-12,15H,13-14H2,1H3,(H,21,23)/t15-/m0/s1. The molecule has 1 N–H and O–H groups in total. The largest absolute Gasteiger partial charge is 0.485 e. The van der Waals surface area contributed by atoms with Crippen LogP contribution in [0, 0.1) is 0 Å². The molecular weight excluding hydrogens is 356 g/mol. The number of ether oxygens (including phenoxy) is 1. The van der Waals surface area contributed by atoms with E-state index in [-0.39, 0.29) is 12.6 Å². The minimum atomic E-state index is 0.184. The zero-order valence-electron chi connectivity index (χ0n) is 15.4. The van der Waals surface area contributed by atoms with Gasteiger partial charge in [0, 0.05) is 24.6 Å². The maximum atomic E-state index is 5.63. The van der Waals surface area contributed by atoms with Gasteiger partial charge in [-0.2, -0.15) is 10.1 Å². The van der Waals surface area contributed by atoms with E-state index in [1.165, 1.54) is 0 Å². The van der Waals surface area contributed by atoms with Gasteiger partial charge in [0.05, 0.1) is 12.1 Å². The van der Waals surface area contributed by atoms with Crippen molar-refractivity contribution in [3.8, 4) is 17.2 Å². The van der Waals surface area contributed by atoms with Gasteiger partial charge in [-0.1, -0.05) is 23.4 Å². The van der Waals surface area contributed by atoms with Crippen LogP contribution in [-0.2, 0) is 13.2 Å². The fourth-order valence-electron chi connectivity index (χ4n) is 2.69. The highest BCUT2D eigenvalue weighted by molar-refractivity contribution is 5.54. The summed E-state index contributed by atoms with van der Waals surface area (Å²) in [5.41, 5.74) is 0.753. The van der Waals surface area contributed by atoms with Crippen molar-refractivity contribution in [3.05, 3.63) is 72.9 Å². The molecule has 8 nitrogen and oxygen atoms in total. The van der Waals surface area contributed by atoms with E-state index in [9.17, 15) is 0 Å². The van der Waals surface area contributed by atoms with Crippen LogP contribution in [0.4, 0.5) is 5.82 Å². The summed E-state index contributed by atoms with van der Waals surface area (Å²) in [6.07, 6.45) is 5.41. The third-order valence-electron chi connectivity index (χ3n) is 4.00. The lowest BCUT2D eigenvalue weighted by molar-refractivity contribution is 0.287. The molecule has 28 heavy (non-hydrogen) atoms. The summed E-state index contributed by atoms with van der Waals surface area (Å²) in [7, 11) is 0. The number of para-hydroxylation sites is 1. The molecule has 4 aromatic rings. The van der Waals surface area contributed by atoms with Crippen LogP contribution in [0.15, 0.2) is 71.6 Å². The quantitative estimate of drug-likeness (QED) is 0.504. The maximum Gasteiger partial charge on any atom is 0.259 e. The first-order valence-corrected chi connectivity index (χ1v) is 8.97. The van der Waals surface area contributed by atoms with Gasteiger partial charge in [-0.05, 0) is 37.3 Å². The molecule has 0 fully saturated rings. The SMILES string of the molecule is C[C@@H](Cn1cccn1)Nc1ccc(-c2nc(COc3ccccc3)no2)cn1. The number of nitrogens with zero attached hydrogens (tertiary/aromatic N) is 5. The Balaban J connectivity index is 1.34. The molecule has 0 bridgehead atoms. The van der Waals surface area contributed by atoms with E-state index in [1.54, 1.807) is 12.4 Å². The van der Waals surface area contributed by atoms with Gasteiger partial charge in [0.2, 0.25) is 5.82 Å². The van der Waals surface area contributed by atoms with Crippen LogP contribution in [0.1, 0.15) is 12.7 Å². The fourth-order valence-corrected chi connectivity index (χ4v) is 2.69. The Kier molecular flexibility index (Phi) is 5.28. The van der Waals surface area contributed by atoms with Crippen molar-refractivity contribution in [3.63, 3.8) is 0 Å². The van der Waals surface area contributed by atoms with Gasteiger partial charge in [-0.3, -0.25) is 4.68 Å². The van der Waals surface area contributed by atoms with Gasteiger partial charge < -0.3 is 14.6 Å². The molecule has 4 rings (SSSR count). The Labute approximate surface area is 162 Å². The van der Waals surface area contributed by atoms with Gasteiger partial charge in [-0.25, -0.2) is 4.98 Å². The third kappa shape index (κ3) is 4.53. The molecule has 0 aliphatic rings. The van der Waals surface area contributed by atoms with Gasteiger partial charge in [0.15, 0.2) is 6.61 Å². The van der Waals surface area contributed by atoms with Crippen molar-refractivity contribution in [2.75, 3.05) is 5.32 Å². The molecule has 142 valence electrons. The summed E-state index contributed by atoms with van der Waals surface area (Å²) in [5.74, 6) is 2.43. The summed E-state index contributed by atoms with van der Waals surface area (Å²) in [6.45, 7) is 3.07. The van der Waals surface area contributed by atoms with Crippen LogP contribution < -0.4 is 10.1 Å². The Bertz CT molecular complexity index is 983. The van der Waals surface area contributed by atoms with Gasteiger partial charge in [0.1, 0.15) is 11.6 Å². The van der Waals surface area contributed by atoms with Crippen molar-refractivity contribution in [2.24, 2.45) is 0 Å². The topological polar surface area (TPSA) is 90.9 Å². The molecule has 1 atom stereocenters. The number of benzene rings is 1. The van der Waals surface area contributed by atoms with Crippen LogP contribution in [0.25, 0.3) is 11.5 Å². The molecule has 3 heterocycles. The van der Waals surface area contributed by atoms with Crippen LogP contribution >= 0.6 is 0 Å². The number of nitrogens with one attached hydrogen (secondary N) is 1. The number of hydrogen-bond donors (Lipinski definition) is 1. The molecule has 8 heteroatoms. The third-order valence-corrected chi connectivity index (χ3v) is 4.00. The van der Waals surface area contributed by atoms with E-state index >= 15 is 0 Å². The minimum Gasteiger partial charge on any atom is -0.485 e. The Morgan fingerprint density at radius 1 is 1.14 bits per heavy atom. The van der Waals surface area contributed by atoms with Crippen molar-refractivity contribution in [2.45, 2.75) is 26.1 Å². The lowest BCUT2D eigenvalue weighted by atomic mass is 10.2. The Hall–Kier alpha value is -3.68. The highest BCUT2D eigenvalue weighted by atomic mass is 16.5. The van der Waals surface area contributed by atoms with Gasteiger partial charge in [0.25, 0.3) is 5.89 Å². The van der Waals surface area contributed by atoms with E-state index in [0.29, 0.717) is 11.7 Å². The zero-order chi connectivity index (χ0) is 19.2. The maximum absolute atomic E-state index is 5.63. The Morgan fingerprint density at radius 3 is 2.79 bits per heavy atom. The number of anilines is 1. The smallest absolute Gasteiger partial charge is 0.259 e. The lowest BCUT2D eigenvalue weighted by Gasteiger charge is -2.14. The molecule has 0 spiro atoms. The highest BCUT2D eigenvalue weighted by Crippen LogP contribution is 2.19. The van der Waals surface area contributed by atoms with E-state index < -0.39 is 0 Å². The highest BCUT2D eigenvalue weighted by Gasteiger charge is 2.11. The molecule has 0 saturated heterocycles. The van der Waals surface area contributed by atoms with Crippen molar-refractivity contribution in [1.82, 2.24) is 24.9 Å². The second-order valence-corrected chi connectivity index (χ2v) is 6.32. The van der Waals surface area contributed by atoms with Crippen molar-refractivity contribution in [1.29, 1.82) is 0 Å². The van der Waals surface area contributed by atoms with Crippen molar-refractivity contribution < 1.29 is 9.26 Å². The zero-order valence-corrected chi connectivity index (χ0v) is 15.4. The van der Waals surface area contributed by atoms with E-state index in [2.05, 4.69) is 32.5 Å². The monoisotopic (exact) mass is 376 g/mol. The molecule has 0 amide bonds. The van der Waals surface area contributed by atoms with E-state index in [1.807, 2.05) is 59.4 Å². The van der Waals surface area contributed by atoms with Gasteiger partial charge in [-0.15, -0.1) is 0 Å². The number of hydrogen-bond acceptors (Lipinski definition) is 7. The molecule has 0 saturated carbocycles. The number of rotatable bonds is 8. The average molecular weight is 376 g/mol. The first kappa shape index (κ1) is 17.7. The summed E-state index contributed by atoms with van der Waals surface area (Å²) in [6, 6.07) is 15.4. The first-order chi connectivity index (χ1) is 13.8. The lowest BCUT2D eigenvalue weighted by Crippen LogP contribution is -2.22. The molecule has 3 aromatic heterocycles. The Morgan fingerprint density at radius 2 is 2.04 bits per heavy atom. The predicted molar refractivity (Wildman–Crippen MR) is 104 cm³/mol. The van der Waals surface area contributed by atoms with E-state index in [0.717, 1.165) is 23.7 Å². The average Bonchev–Trinajstić information content (AvgIpc) is 3.40. The molecule has 1 aromatic carbocycles. The molecule has 0 aliphatic carbocycles. The minimum absolute atomic E-state index is 0.184. The van der Waals surface area contributed by atoms with Crippen molar-refractivity contribution >= 4 is 5.82 Å². The summed E-state index contributed by atoms with van der Waals surface area (Å²) < 4.78 is 12.8. The number of aromatic nitrogens is 5. The normalized spacial score (nSPS) is 11.9. The van der Waals surface area contributed by atoms with Crippen LogP contribution in [0.2, 0.25) is 0 Å². The molecule has 0 aliphatic heterocycles. The summed E-state index contributed by atoms with van der Waals surface area (Å²) >= 11 is 0. The van der Waals surface area contributed by atoms with Crippen LogP contribution in [-0.4, -0.2) is 30.9 Å². The number of pyridine rings is 1. The fraction of sp³-hybridized carbons (Fsp3) is 0.200. The van der Waals surface area contributed by atoms with E-state index in [4.69, 9.17) is 9.26 Å². The first-order valence-electron chi connectivity index (χ1n) is 8.97. The van der Waals surface area contributed by atoms with Crippen LogP contribution in [0.5, 0.6) is 5.75 Å². The van der Waals surface area contributed by atoms with Crippen LogP contribution in [0.3, 0.4) is 0 Å². The molecule has 0 unspecified atom stereocenters. The molecular formula is C20H20N6O2.